The zero-order valence-corrected chi connectivity index (χ0v) is 47.7. The van der Waals surface area contributed by atoms with Gasteiger partial charge in [-0.15, -0.1) is 12.3 Å². The van der Waals surface area contributed by atoms with E-state index in [4.69, 9.17) is 30.1 Å². The summed E-state index contributed by atoms with van der Waals surface area (Å²) in [6, 6.07) is 8.10. The van der Waals surface area contributed by atoms with Crippen molar-refractivity contribution in [2.24, 2.45) is 23.7 Å². The summed E-state index contributed by atoms with van der Waals surface area (Å²) in [4.78, 5) is 98.5. The number of aliphatic carboxylic acids is 1. The number of carbonyl (C=O) groups is 6. The third kappa shape index (κ3) is 15.9. The Morgan fingerprint density at radius 2 is 1.54 bits per heavy atom. The van der Waals surface area contributed by atoms with E-state index >= 15 is 0 Å². The van der Waals surface area contributed by atoms with Gasteiger partial charge in [0.2, 0.25) is 29.9 Å². The van der Waals surface area contributed by atoms with Crippen molar-refractivity contribution in [3.05, 3.63) is 69.8 Å². The predicted molar refractivity (Wildman–Crippen MR) is 289 cm³/mol. The molecule has 4 rings (SSSR count). The van der Waals surface area contributed by atoms with Crippen LogP contribution in [0.2, 0.25) is 0 Å². The zero-order chi connectivity index (χ0) is 60.0. The molecule has 2 aliphatic rings. The van der Waals surface area contributed by atoms with Gasteiger partial charge in [-0.25, -0.2) is 9.59 Å². The maximum Gasteiger partial charge on any atom is 0.410 e. The van der Waals surface area contributed by atoms with Crippen LogP contribution in [-0.4, -0.2) is 189 Å². The fourth-order valence-corrected chi connectivity index (χ4v) is 10.5. The molecule has 2 saturated heterocycles. The molecule has 444 valence electrons. The Labute approximate surface area is 467 Å². The van der Waals surface area contributed by atoms with Gasteiger partial charge in [0.25, 0.3) is 0 Å². The number of amides is 5. The number of aliphatic hydroxyl groups is 4. The Hall–Kier alpha value is -6.46. The summed E-state index contributed by atoms with van der Waals surface area (Å²) < 4.78 is 28.3. The highest BCUT2D eigenvalue weighted by atomic mass is 16.7. The van der Waals surface area contributed by atoms with E-state index < -0.39 is 143 Å². The largest absolute Gasteiger partial charge is 0.479 e. The number of nitro groups is 1. The number of nitrogens with one attached hydrogen (secondary N) is 2. The van der Waals surface area contributed by atoms with Crippen LogP contribution in [0.5, 0.6) is 5.75 Å². The van der Waals surface area contributed by atoms with Crippen LogP contribution < -0.4 is 15.4 Å². The fraction of sp³-hybridized carbons (Fsp3) is 0.643. The number of ether oxygens (including phenoxy) is 5. The Balaban J connectivity index is 1.50. The molecular weight excluding hydrogens is 1040 g/mol. The van der Waals surface area contributed by atoms with Crippen LogP contribution in [0.25, 0.3) is 0 Å². The van der Waals surface area contributed by atoms with Crippen molar-refractivity contribution in [2.75, 3.05) is 34.9 Å². The second kappa shape index (κ2) is 29.8. The molecule has 7 unspecified atom stereocenters. The lowest BCUT2D eigenvalue weighted by atomic mass is 9.89. The highest BCUT2D eigenvalue weighted by Gasteiger charge is 2.49. The van der Waals surface area contributed by atoms with Gasteiger partial charge < -0.3 is 69.7 Å². The van der Waals surface area contributed by atoms with Crippen LogP contribution in [0.1, 0.15) is 111 Å². The number of likely N-dealkylation sites (tertiary alicyclic amines) is 1. The SMILES string of the molecule is C#CCC(OC(=O)N(C)[C@@H](C(=O)N[C@@H](C(=O)N(C)[C@H]([C@H](C)CC)[C@H](CC(=O)N1CCCC1[C@@H](OC)[C@H](C)C(=O)N[C@@H](C)[C@H](O)c1ccccc1)OC)C(C)C)C(C)C)c1ccc(OC2OC(C(=O)O)C(O)C(O)C2O)c([N+](=O)[O-])c1. The maximum absolute atomic E-state index is 14.8. The van der Waals surface area contributed by atoms with Crippen molar-refractivity contribution >= 4 is 41.4 Å². The molecule has 24 nitrogen and oxygen atoms in total. The van der Waals surface area contributed by atoms with Gasteiger partial charge in [-0.1, -0.05) is 91.3 Å². The van der Waals surface area contributed by atoms with E-state index in [0.29, 0.717) is 31.4 Å². The molecule has 2 aliphatic heterocycles. The summed E-state index contributed by atoms with van der Waals surface area (Å²) in [5.41, 5.74) is -0.109. The average molecular weight is 1130 g/mol. The van der Waals surface area contributed by atoms with Crippen LogP contribution >= 0.6 is 0 Å². The van der Waals surface area contributed by atoms with Gasteiger partial charge in [-0.05, 0) is 49.1 Å². The number of methoxy groups -OCH3 is 2. The molecule has 2 heterocycles. The summed E-state index contributed by atoms with van der Waals surface area (Å²) in [5.74, 6) is -3.71. The van der Waals surface area contributed by atoms with Crippen molar-refractivity contribution in [2.45, 2.75) is 173 Å². The molecule has 0 saturated carbocycles. The molecular formula is C56H82N6O18. The molecule has 2 aromatic carbocycles. The van der Waals surface area contributed by atoms with Crippen molar-refractivity contribution in [3.8, 4) is 18.1 Å². The number of benzene rings is 2. The van der Waals surface area contributed by atoms with Crippen molar-refractivity contribution in [1.29, 1.82) is 0 Å². The molecule has 0 bridgehead atoms. The number of nitrogens with zero attached hydrogens (tertiary/aromatic N) is 4. The summed E-state index contributed by atoms with van der Waals surface area (Å²) >= 11 is 0. The molecule has 80 heavy (non-hydrogen) atoms. The number of terminal acetylenes is 1. The Morgan fingerprint density at radius 1 is 0.887 bits per heavy atom. The lowest BCUT2D eigenvalue weighted by Crippen LogP contribution is -2.61. The number of aliphatic hydroxyl groups excluding tert-OH is 4. The van der Waals surface area contributed by atoms with Crippen molar-refractivity contribution in [3.63, 3.8) is 0 Å². The van der Waals surface area contributed by atoms with E-state index in [1.807, 2.05) is 19.9 Å². The third-order valence-corrected chi connectivity index (χ3v) is 15.2. The maximum atomic E-state index is 14.8. The second-order valence-electron chi connectivity index (χ2n) is 21.4. The molecule has 0 spiro atoms. The lowest BCUT2D eigenvalue weighted by Gasteiger charge is -2.41. The zero-order valence-electron chi connectivity index (χ0n) is 47.7. The van der Waals surface area contributed by atoms with Crippen molar-refractivity contribution < 1.29 is 82.9 Å². The molecule has 7 N–H and O–H groups in total. The number of hydrogen-bond acceptors (Lipinski definition) is 17. The number of carboxylic acids is 1. The van der Waals surface area contributed by atoms with E-state index in [-0.39, 0.29) is 36.1 Å². The van der Waals surface area contributed by atoms with Gasteiger partial charge in [-0.3, -0.25) is 34.2 Å². The topological polar surface area (TPSA) is 327 Å². The molecule has 24 heteroatoms. The quantitative estimate of drug-likeness (QED) is 0.0383. The van der Waals surface area contributed by atoms with Gasteiger partial charge in [0.1, 0.15) is 36.5 Å². The monoisotopic (exact) mass is 1130 g/mol. The van der Waals surface area contributed by atoms with E-state index in [9.17, 15) is 64.4 Å². The van der Waals surface area contributed by atoms with Crippen LogP contribution in [0.15, 0.2) is 48.5 Å². The Morgan fingerprint density at radius 3 is 2.09 bits per heavy atom. The first-order valence-electron chi connectivity index (χ1n) is 26.9. The third-order valence-electron chi connectivity index (χ3n) is 15.2. The molecule has 0 aliphatic carbocycles. The standard InChI is InChI=1S/C56H82N6O18/c1-14-20-38(35-24-25-39(37(27-35)62(74)75)78-55-48(67)46(65)47(66)50(80-55)54(71)72)79-56(73)60(11)43(30(5)6)52(69)58-42(29(3)4)53(70)59(10)44(31(7)15-2)40(76-12)28-41(63)61-26-19-23-36(61)49(77-13)32(8)51(68)57-33(9)45(64)34-21-17-16-18-22-34/h1,16-18,21-22,24-25,27,29-33,36,38,40,42-50,55,64-67H,15,19-20,23,26,28H2,2-13H3,(H,57,68)(H,58,69)(H,71,72)/t31-,32+,33+,36?,38?,40+,42-,43-,44-,45+,46?,47?,48?,49+,50?,55?/m1/s1. The molecule has 16 atom stereocenters. The van der Waals surface area contributed by atoms with Crippen LogP contribution in [-0.2, 0) is 42.9 Å². The van der Waals surface area contributed by atoms with Crippen molar-refractivity contribution in [1.82, 2.24) is 25.3 Å². The summed E-state index contributed by atoms with van der Waals surface area (Å²) in [6.07, 6.45) is -8.01. The van der Waals surface area contributed by atoms with Crippen LogP contribution in [0.3, 0.4) is 0 Å². The summed E-state index contributed by atoms with van der Waals surface area (Å²) in [5, 5.41) is 69.2. The molecule has 0 aromatic heterocycles. The number of hydrogen-bond donors (Lipinski definition) is 7. The fourth-order valence-electron chi connectivity index (χ4n) is 10.5. The smallest absolute Gasteiger partial charge is 0.410 e. The van der Waals surface area contributed by atoms with E-state index in [1.165, 1.54) is 32.2 Å². The molecule has 0 radical (unpaired) electrons. The minimum atomic E-state index is -2.05. The number of nitro benzene ring substituents is 1. The van der Waals surface area contributed by atoms with Gasteiger partial charge in [0, 0.05) is 46.5 Å². The van der Waals surface area contributed by atoms with Crippen LogP contribution in [0, 0.1) is 46.1 Å². The lowest BCUT2D eigenvalue weighted by molar-refractivity contribution is -0.387. The highest BCUT2D eigenvalue weighted by molar-refractivity contribution is 5.92. The van der Waals surface area contributed by atoms with Gasteiger partial charge >= 0.3 is 17.7 Å². The first kappa shape index (κ1) is 66.1. The van der Waals surface area contributed by atoms with E-state index in [0.717, 1.165) is 17.0 Å². The summed E-state index contributed by atoms with van der Waals surface area (Å²) in [6.45, 7) is 14.5. The Bertz CT molecular complexity index is 2480. The molecule has 2 fully saturated rings. The minimum Gasteiger partial charge on any atom is -0.479 e. The predicted octanol–water partition coefficient (Wildman–Crippen LogP) is 3.32. The first-order valence-corrected chi connectivity index (χ1v) is 26.9. The van der Waals surface area contributed by atoms with E-state index in [2.05, 4.69) is 16.6 Å². The Kier molecular flexibility index (Phi) is 24.6. The number of carbonyl (C=O) groups excluding carboxylic acids is 5. The number of likely N-dealkylation sites (N-methyl/N-ethyl adjacent to an activating group) is 2. The normalized spacial score (nSPS) is 22.9. The second-order valence-corrected chi connectivity index (χ2v) is 21.4. The molecule has 2 aromatic rings. The van der Waals surface area contributed by atoms with Gasteiger partial charge in [-0.2, -0.15) is 0 Å². The van der Waals surface area contributed by atoms with Crippen LogP contribution in [0.4, 0.5) is 10.5 Å². The average Bonchev–Trinajstić information content (AvgIpc) is 3.91. The minimum absolute atomic E-state index is 0.000563. The van der Waals surface area contributed by atoms with E-state index in [1.54, 1.807) is 77.8 Å². The van der Waals surface area contributed by atoms with Gasteiger partial charge in [0.05, 0.1) is 60.1 Å². The highest BCUT2D eigenvalue weighted by Crippen LogP contribution is 2.36. The molecule has 5 amide bonds. The number of carboxylic acid groups (broad SMARTS) is 1. The first-order chi connectivity index (χ1) is 37.7. The number of rotatable bonds is 27. The van der Waals surface area contributed by atoms with Gasteiger partial charge in [0.15, 0.2) is 11.9 Å². The summed E-state index contributed by atoms with van der Waals surface area (Å²) in [7, 11) is 5.84.